The highest BCUT2D eigenvalue weighted by Gasteiger charge is 2.31. The molecule has 8 heteroatoms. The molecule has 7 nitrogen and oxygen atoms in total. The number of anilines is 1. The molecule has 1 aromatic carbocycles. The topological polar surface area (TPSA) is 88.1 Å². The Hall–Kier alpha value is -2.84. The Morgan fingerprint density at radius 2 is 1.62 bits per heavy atom. The molecule has 0 spiro atoms. The zero-order valence-corrected chi connectivity index (χ0v) is 14.7. The summed E-state index contributed by atoms with van der Waals surface area (Å²) in [5, 5.41) is 0. The van der Waals surface area contributed by atoms with Gasteiger partial charge in [-0.05, 0) is 12.1 Å². The maximum atomic E-state index is 12.5. The summed E-state index contributed by atoms with van der Waals surface area (Å²) in [5.74, 6) is 0.497. The van der Waals surface area contributed by atoms with Gasteiger partial charge in [0.2, 0.25) is 10.0 Å². The maximum absolute atomic E-state index is 12.5. The van der Waals surface area contributed by atoms with Crippen LogP contribution in [0, 0.1) is 0 Å². The summed E-state index contributed by atoms with van der Waals surface area (Å²) in [7, 11) is -3.64. The lowest BCUT2D eigenvalue weighted by atomic mass is 10.1. The number of hydrogen-bond acceptors (Lipinski definition) is 6. The Labute approximate surface area is 151 Å². The van der Waals surface area contributed by atoms with Crippen LogP contribution >= 0.6 is 0 Å². The average molecular weight is 367 g/mol. The second kappa shape index (κ2) is 6.81. The largest absolute Gasteiger partial charge is 0.368 e. The van der Waals surface area contributed by atoms with E-state index in [9.17, 15) is 8.42 Å². The summed E-state index contributed by atoms with van der Waals surface area (Å²) in [6.45, 7) is 1.23. The summed E-state index contributed by atoms with van der Waals surface area (Å²) in [4.78, 5) is 14.5. The van der Waals surface area contributed by atoms with Gasteiger partial charge in [0.1, 0.15) is 4.90 Å². The van der Waals surface area contributed by atoms with E-state index in [2.05, 4.69) is 24.6 Å². The first-order valence-corrected chi connectivity index (χ1v) is 9.65. The van der Waals surface area contributed by atoms with Crippen molar-refractivity contribution in [1.29, 1.82) is 0 Å². The van der Waals surface area contributed by atoms with Crippen LogP contribution in [0.5, 0.6) is 0 Å². The van der Waals surface area contributed by atoms with Gasteiger partial charge in [-0.3, -0.25) is 4.98 Å². The van der Waals surface area contributed by atoms with E-state index in [0.29, 0.717) is 18.9 Å². The standard InChI is InChI=1S/C18H17N5O2S/c24-26(25,22-15-12-23(13-15)16-6-8-19-9-7-16)17-10-20-18(21-11-17)14-4-2-1-3-5-14/h1-11,15,22H,12-13H2. The summed E-state index contributed by atoms with van der Waals surface area (Å²) in [6.07, 6.45) is 6.13. The first-order chi connectivity index (χ1) is 12.6. The van der Waals surface area contributed by atoms with Crippen molar-refractivity contribution in [3.63, 3.8) is 0 Å². The van der Waals surface area contributed by atoms with Crippen LogP contribution in [-0.4, -0.2) is 42.5 Å². The SMILES string of the molecule is O=S(=O)(NC1CN(c2ccncc2)C1)c1cnc(-c2ccccc2)nc1. The summed E-state index contributed by atoms with van der Waals surface area (Å²) in [5.41, 5.74) is 1.88. The third-order valence-electron chi connectivity index (χ3n) is 4.20. The molecule has 1 N–H and O–H groups in total. The lowest BCUT2D eigenvalue weighted by Gasteiger charge is -2.40. The molecule has 0 radical (unpaired) electrons. The molecule has 0 bridgehead atoms. The molecule has 132 valence electrons. The molecule has 0 saturated carbocycles. The monoisotopic (exact) mass is 367 g/mol. The van der Waals surface area contributed by atoms with Crippen molar-refractivity contribution in [1.82, 2.24) is 19.7 Å². The molecule has 0 atom stereocenters. The fourth-order valence-corrected chi connectivity index (χ4v) is 3.90. The molecule has 0 unspecified atom stereocenters. The number of rotatable bonds is 5. The molecule has 1 fully saturated rings. The minimum atomic E-state index is -3.64. The lowest BCUT2D eigenvalue weighted by molar-refractivity contribution is 0.469. The van der Waals surface area contributed by atoms with Gasteiger partial charge < -0.3 is 4.90 Å². The van der Waals surface area contributed by atoms with Crippen molar-refractivity contribution >= 4 is 15.7 Å². The fraction of sp³-hybridized carbons (Fsp3) is 0.167. The van der Waals surface area contributed by atoms with Crippen LogP contribution in [-0.2, 0) is 10.0 Å². The highest BCUT2D eigenvalue weighted by molar-refractivity contribution is 7.89. The molecule has 1 saturated heterocycles. The molecule has 2 aromatic heterocycles. The van der Waals surface area contributed by atoms with Crippen molar-refractivity contribution < 1.29 is 8.42 Å². The Kier molecular flexibility index (Phi) is 4.36. The summed E-state index contributed by atoms with van der Waals surface area (Å²) >= 11 is 0. The van der Waals surface area contributed by atoms with E-state index in [1.165, 1.54) is 12.4 Å². The number of nitrogens with zero attached hydrogens (tertiary/aromatic N) is 4. The van der Waals surface area contributed by atoms with Crippen LogP contribution in [0.1, 0.15) is 0 Å². The van der Waals surface area contributed by atoms with Crippen LogP contribution in [0.4, 0.5) is 5.69 Å². The van der Waals surface area contributed by atoms with E-state index in [1.807, 2.05) is 42.5 Å². The number of aromatic nitrogens is 3. The molecular formula is C18H17N5O2S. The predicted octanol–water partition coefficient (Wildman–Crippen LogP) is 1.71. The van der Waals surface area contributed by atoms with Gasteiger partial charge in [0, 0.05) is 36.7 Å². The highest BCUT2D eigenvalue weighted by atomic mass is 32.2. The number of nitrogens with one attached hydrogen (secondary N) is 1. The average Bonchev–Trinajstić information content (AvgIpc) is 2.66. The predicted molar refractivity (Wildman–Crippen MR) is 98.0 cm³/mol. The third-order valence-corrected chi connectivity index (χ3v) is 5.68. The summed E-state index contributed by atoms with van der Waals surface area (Å²) in [6, 6.07) is 13.1. The van der Waals surface area contributed by atoms with E-state index in [-0.39, 0.29) is 10.9 Å². The van der Waals surface area contributed by atoms with Crippen LogP contribution < -0.4 is 9.62 Å². The van der Waals surface area contributed by atoms with E-state index in [0.717, 1.165) is 11.3 Å². The van der Waals surface area contributed by atoms with E-state index >= 15 is 0 Å². The van der Waals surface area contributed by atoms with E-state index < -0.39 is 10.0 Å². The van der Waals surface area contributed by atoms with Crippen molar-refractivity contribution in [3.8, 4) is 11.4 Å². The molecule has 1 aliphatic heterocycles. The minimum Gasteiger partial charge on any atom is -0.368 e. The van der Waals surface area contributed by atoms with Gasteiger partial charge in [0.15, 0.2) is 5.82 Å². The van der Waals surface area contributed by atoms with Crippen molar-refractivity contribution in [2.45, 2.75) is 10.9 Å². The molecule has 0 amide bonds. The Morgan fingerprint density at radius 3 is 2.27 bits per heavy atom. The van der Waals surface area contributed by atoms with Gasteiger partial charge in [-0.25, -0.2) is 23.1 Å². The first kappa shape index (κ1) is 16.6. The Balaban J connectivity index is 1.41. The van der Waals surface area contributed by atoms with Gasteiger partial charge in [-0.15, -0.1) is 0 Å². The number of sulfonamides is 1. The van der Waals surface area contributed by atoms with Crippen LogP contribution in [0.2, 0.25) is 0 Å². The number of pyridine rings is 1. The number of hydrogen-bond donors (Lipinski definition) is 1. The normalized spacial score (nSPS) is 14.8. The fourth-order valence-electron chi connectivity index (χ4n) is 2.80. The van der Waals surface area contributed by atoms with Crippen LogP contribution in [0.3, 0.4) is 0 Å². The van der Waals surface area contributed by atoms with Crippen molar-refractivity contribution in [2.75, 3.05) is 18.0 Å². The molecule has 1 aliphatic rings. The molecule has 26 heavy (non-hydrogen) atoms. The first-order valence-electron chi connectivity index (χ1n) is 8.16. The van der Waals surface area contributed by atoms with Crippen LogP contribution in [0.25, 0.3) is 11.4 Å². The van der Waals surface area contributed by atoms with Gasteiger partial charge in [-0.2, -0.15) is 0 Å². The Bertz CT molecular complexity index is 973. The van der Waals surface area contributed by atoms with Crippen LogP contribution in [0.15, 0.2) is 72.1 Å². The summed E-state index contributed by atoms with van der Waals surface area (Å²) < 4.78 is 27.7. The smallest absolute Gasteiger partial charge is 0.244 e. The maximum Gasteiger partial charge on any atom is 0.244 e. The van der Waals surface area contributed by atoms with Gasteiger partial charge in [-0.1, -0.05) is 30.3 Å². The Morgan fingerprint density at radius 1 is 0.962 bits per heavy atom. The zero-order valence-electron chi connectivity index (χ0n) is 13.9. The van der Waals surface area contributed by atoms with Gasteiger partial charge in [0.05, 0.1) is 18.4 Å². The van der Waals surface area contributed by atoms with E-state index in [1.54, 1.807) is 12.4 Å². The third kappa shape index (κ3) is 3.42. The highest BCUT2D eigenvalue weighted by Crippen LogP contribution is 2.21. The van der Waals surface area contributed by atoms with Gasteiger partial charge >= 0.3 is 0 Å². The molecule has 4 rings (SSSR count). The molecular weight excluding hydrogens is 350 g/mol. The molecule has 3 heterocycles. The molecule has 0 aliphatic carbocycles. The van der Waals surface area contributed by atoms with Gasteiger partial charge in [0.25, 0.3) is 0 Å². The van der Waals surface area contributed by atoms with Crippen molar-refractivity contribution in [2.24, 2.45) is 0 Å². The zero-order chi connectivity index (χ0) is 18.0. The number of benzene rings is 1. The van der Waals surface area contributed by atoms with E-state index in [4.69, 9.17) is 0 Å². The second-order valence-electron chi connectivity index (χ2n) is 6.04. The lowest BCUT2D eigenvalue weighted by Crippen LogP contribution is -2.59. The second-order valence-corrected chi connectivity index (χ2v) is 7.75. The van der Waals surface area contributed by atoms with Crippen molar-refractivity contribution in [3.05, 3.63) is 67.3 Å². The molecule has 3 aromatic rings. The minimum absolute atomic E-state index is 0.0690. The quantitative estimate of drug-likeness (QED) is 0.739.